The Morgan fingerprint density at radius 3 is 2.45 bits per heavy atom. The molecule has 1 aromatic rings. The van der Waals surface area contributed by atoms with Crippen LogP contribution in [0.3, 0.4) is 0 Å². The molecule has 2 atom stereocenters. The predicted octanol–water partition coefficient (Wildman–Crippen LogP) is 3.20. The average Bonchev–Trinajstić information content (AvgIpc) is 3.28. The van der Waals surface area contributed by atoms with Crippen molar-refractivity contribution in [3.8, 4) is 0 Å². The minimum atomic E-state index is -0.717. The third-order valence-corrected chi connectivity index (χ3v) is 5.20. The molecule has 0 radical (unpaired) electrons. The standard InChI is InChI=1S/C17H20ClNO3/c18-15-4-2-1-3-12(15)13-9-14(13)16(20)19-11-7-5-10(6-8-11)17(21)22/h1-4,10-11,13-14H,5-9H2,(H,19,20)(H,21,22)/t10?,11?,13-,14+/m0/s1. The molecule has 2 saturated carbocycles. The molecule has 5 heteroatoms. The van der Waals surface area contributed by atoms with E-state index in [-0.39, 0.29) is 29.7 Å². The molecular formula is C17H20ClNO3. The molecular weight excluding hydrogens is 302 g/mol. The highest BCUT2D eigenvalue weighted by molar-refractivity contribution is 6.31. The van der Waals surface area contributed by atoms with Crippen molar-refractivity contribution in [3.05, 3.63) is 34.9 Å². The number of aliphatic carboxylic acids is 1. The molecule has 118 valence electrons. The van der Waals surface area contributed by atoms with Crippen LogP contribution in [-0.2, 0) is 9.59 Å². The number of carbonyl (C=O) groups is 2. The first-order valence-electron chi connectivity index (χ1n) is 7.84. The smallest absolute Gasteiger partial charge is 0.306 e. The Morgan fingerprint density at radius 1 is 1.14 bits per heavy atom. The van der Waals surface area contributed by atoms with Gasteiger partial charge in [-0.25, -0.2) is 0 Å². The number of carboxylic acid groups (broad SMARTS) is 1. The van der Waals surface area contributed by atoms with Gasteiger partial charge in [0.1, 0.15) is 0 Å². The Hall–Kier alpha value is -1.55. The summed E-state index contributed by atoms with van der Waals surface area (Å²) in [6, 6.07) is 7.80. The Kier molecular flexibility index (Phi) is 4.39. The van der Waals surface area contributed by atoms with Crippen molar-refractivity contribution in [3.63, 3.8) is 0 Å². The van der Waals surface area contributed by atoms with Crippen LogP contribution in [0.1, 0.15) is 43.6 Å². The molecule has 2 N–H and O–H groups in total. The fourth-order valence-corrected chi connectivity index (χ4v) is 3.67. The average molecular weight is 322 g/mol. The van der Waals surface area contributed by atoms with Crippen LogP contribution in [0.5, 0.6) is 0 Å². The third-order valence-electron chi connectivity index (χ3n) is 4.85. The largest absolute Gasteiger partial charge is 0.481 e. The lowest BCUT2D eigenvalue weighted by Gasteiger charge is -2.26. The van der Waals surface area contributed by atoms with Crippen molar-refractivity contribution in [2.75, 3.05) is 0 Å². The summed E-state index contributed by atoms with van der Waals surface area (Å²) in [7, 11) is 0. The number of rotatable bonds is 4. The predicted molar refractivity (Wildman–Crippen MR) is 83.8 cm³/mol. The molecule has 2 fully saturated rings. The number of halogens is 1. The number of carboxylic acids is 1. The lowest BCUT2D eigenvalue weighted by atomic mass is 9.86. The second kappa shape index (κ2) is 6.29. The van der Waals surface area contributed by atoms with Gasteiger partial charge in [0.25, 0.3) is 0 Å². The second-order valence-electron chi connectivity index (χ2n) is 6.37. The van der Waals surface area contributed by atoms with E-state index in [2.05, 4.69) is 5.32 Å². The van der Waals surface area contributed by atoms with Crippen molar-refractivity contribution < 1.29 is 14.7 Å². The number of hydrogen-bond acceptors (Lipinski definition) is 2. The maximum absolute atomic E-state index is 12.3. The molecule has 0 bridgehead atoms. The van der Waals surface area contributed by atoms with Crippen molar-refractivity contribution in [2.45, 2.75) is 44.1 Å². The van der Waals surface area contributed by atoms with Gasteiger partial charge in [0, 0.05) is 17.0 Å². The van der Waals surface area contributed by atoms with Crippen LogP contribution < -0.4 is 5.32 Å². The monoisotopic (exact) mass is 321 g/mol. The second-order valence-corrected chi connectivity index (χ2v) is 6.77. The molecule has 1 amide bonds. The van der Waals surface area contributed by atoms with E-state index in [9.17, 15) is 9.59 Å². The minimum Gasteiger partial charge on any atom is -0.481 e. The van der Waals surface area contributed by atoms with Crippen LogP contribution in [-0.4, -0.2) is 23.0 Å². The molecule has 1 aromatic carbocycles. The van der Waals surface area contributed by atoms with E-state index >= 15 is 0 Å². The summed E-state index contributed by atoms with van der Waals surface area (Å²) in [6.45, 7) is 0. The first-order valence-corrected chi connectivity index (χ1v) is 8.21. The summed E-state index contributed by atoms with van der Waals surface area (Å²) in [6.07, 6.45) is 3.66. The van der Waals surface area contributed by atoms with E-state index in [4.69, 9.17) is 16.7 Å². The summed E-state index contributed by atoms with van der Waals surface area (Å²) < 4.78 is 0. The molecule has 0 heterocycles. The zero-order valence-corrected chi connectivity index (χ0v) is 13.1. The quantitative estimate of drug-likeness (QED) is 0.895. The SMILES string of the molecule is O=C(O)C1CCC(NC(=O)[C@@H]2C[C@H]2c2ccccc2Cl)CC1. The summed E-state index contributed by atoms with van der Waals surface area (Å²) in [5, 5.41) is 12.8. The van der Waals surface area contributed by atoms with E-state index in [0.717, 1.165) is 29.8 Å². The summed E-state index contributed by atoms with van der Waals surface area (Å²) in [5.41, 5.74) is 1.05. The zero-order valence-electron chi connectivity index (χ0n) is 12.3. The Labute approximate surface area is 134 Å². The maximum atomic E-state index is 12.3. The lowest BCUT2D eigenvalue weighted by molar-refractivity contribution is -0.142. The highest BCUT2D eigenvalue weighted by atomic mass is 35.5. The van der Waals surface area contributed by atoms with Crippen LogP contribution in [0.2, 0.25) is 5.02 Å². The molecule has 0 unspecified atom stereocenters. The van der Waals surface area contributed by atoms with E-state index in [0.29, 0.717) is 12.8 Å². The van der Waals surface area contributed by atoms with Gasteiger partial charge in [0.15, 0.2) is 0 Å². The Morgan fingerprint density at radius 2 is 1.82 bits per heavy atom. The van der Waals surface area contributed by atoms with Crippen LogP contribution in [0.4, 0.5) is 0 Å². The molecule has 0 saturated heterocycles. The first-order chi connectivity index (χ1) is 10.6. The zero-order chi connectivity index (χ0) is 15.7. The van der Waals surface area contributed by atoms with Gasteiger partial charge < -0.3 is 10.4 Å². The van der Waals surface area contributed by atoms with Crippen molar-refractivity contribution in [1.29, 1.82) is 0 Å². The molecule has 3 rings (SSSR count). The lowest BCUT2D eigenvalue weighted by Crippen LogP contribution is -2.39. The molecule has 2 aliphatic rings. The molecule has 0 spiro atoms. The van der Waals surface area contributed by atoms with E-state index in [1.165, 1.54) is 0 Å². The molecule has 0 aliphatic heterocycles. The van der Waals surface area contributed by atoms with Crippen molar-refractivity contribution in [1.82, 2.24) is 5.32 Å². The van der Waals surface area contributed by atoms with Crippen LogP contribution in [0, 0.1) is 11.8 Å². The number of carbonyl (C=O) groups excluding carboxylic acids is 1. The Balaban J connectivity index is 1.50. The van der Waals surface area contributed by atoms with Gasteiger partial charge in [-0.3, -0.25) is 9.59 Å². The van der Waals surface area contributed by atoms with Crippen molar-refractivity contribution in [2.24, 2.45) is 11.8 Å². The molecule has 0 aromatic heterocycles. The molecule has 4 nitrogen and oxygen atoms in total. The fourth-order valence-electron chi connectivity index (χ4n) is 3.40. The third kappa shape index (κ3) is 3.27. The van der Waals surface area contributed by atoms with E-state index in [1.807, 2.05) is 24.3 Å². The van der Waals surface area contributed by atoms with Gasteiger partial charge in [-0.15, -0.1) is 0 Å². The van der Waals surface area contributed by atoms with Crippen molar-refractivity contribution >= 4 is 23.5 Å². The normalized spacial score (nSPS) is 30.6. The number of hydrogen-bond donors (Lipinski definition) is 2. The van der Waals surface area contributed by atoms with Crippen LogP contribution in [0.25, 0.3) is 0 Å². The molecule has 22 heavy (non-hydrogen) atoms. The summed E-state index contributed by atoms with van der Waals surface area (Å²) in [4.78, 5) is 23.2. The topological polar surface area (TPSA) is 66.4 Å². The van der Waals surface area contributed by atoms with E-state index in [1.54, 1.807) is 0 Å². The van der Waals surface area contributed by atoms with Gasteiger partial charge in [0.05, 0.1) is 5.92 Å². The fraction of sp³-hybridized carbons (Fsp3) is 0.529. The number of amides is 1. The Bertz CT molecular complexity index is 581. The summed E-state index contributed by atoms with van der Waals surface area (Å²) in [5.74, 6) is -0.638. The van der Waals surface area contributed by atoms with Gasteiger partial charge >= 0.3 is 5.97 Å². The van der Waals surface area contributed by atoms with Gasteiger partial charge in [-0.2, -0.15) is 0 Å². The number of benzene rings is 1. The minimum absolute atomic E-state index is 0.0112. The maximum Gasteiger partial charge on any atom is 0.306 e. The molecule has 2 aliphatic carbocycles. The van der Waals surface area contributed by atoms with Gasteiger partial charge in [-0.1, -0.05) is 29.8 Å². The van der Waals surface area contributed by atoms with Crippen LogP contribution >= 0.6 is 11.6 Å². The van der Waals surface area contributed by atoms with Crippen LogP contribution in [0.15, 0.2) is 24.3 Å². The van der Waals surface area contributed by atoms with E-state index < -0.39 is 5.97 Å². The van der Waals surface area contributed by atoms with Gasteiger partial charge in [0.2, 0.25) is 5.91 Å². The number of nitrogens with one attached hydrogen (secondary N) is 1. The first kappa shape index (κ1) is 15.3. The highest BCUT2D eigenvalue weighted by Crippen LogP contribution is 2.49. The van der Waals surface area contributed by atoms with Gasteiger partial charge in [-0.05, 0) is 49.7 Å². The highest BCUT2D eigenvalue weighted by Gasteiger charge is 2.45. The summed E-state index contributed by atoms with van der Waals surface area (Å²) >= 11 is 6.18.